The van der Waals surface area contributed by atoms with Crippen molar-refractivity contribution in [3.8, 4) is 6.07 Å². The lowest BCUT2D eigenvalue weighted by molar-refractivity contribution is 0.883. The molecule has 96 valence electrons. The van der Waals surface area contributed by atoms with Crippen LogP contribution in [0, 0.1) is 11.3 Å². The number of aromatic nitrogens is 1. The molecule has 2 rings (SSSR count). The van der Waals surface area contributed by atoms with Crippen LogP contribution in [0.4, 0.5) is 5.69 Å². The summed E-state index contributed by atoms with van der Waals surface area (Å²) in [6, 6.07) is 14.0. The number of pyridine rings is 1. The first-order chi connectivity index (χ1) is 9.24. The Hall–Kier alpha value is -1.86. The second kappa shape index (κ2) is 6.35. The van der Waals surface area contributed by atoms with E-state index in [4.69, 9.17) is 0 Å². The molecular formula is C15H14BrN3. The van der Waals surface area contributed by atoms with Crippen LogP contribution >= 0.6 is 15.9 Å². The predicted octanol–water partition coefficient (Wildman–Crippen LogP) is 3.48. The molecule has 1 aromatic carbocycles. The molecule has 0 aliphatic rings. The van der Waals surface area contributed by atoms with Crippen LogP contribution in [0.15, 0.2) is 42.6 Å². The molecule has 0 saturated carbocycles. The third-order valence-electron chi connectivity index (χ3n) is 2.87. The van der Waals surface area contributed by atoms with Crippen molar-refractivity contribution in [3.05, 3.63) is 59.4 Å². The van der Waals surface area contributed by atoms with Crippen molar-refractivity contribution in [2.24, 2.45) is 0 Å². The van der Waals surface area contributed by atoms with Crippen LogP contribution in [-0.2, 0) is 11.9 Å². The van der Waals surface area contributed by atoms with E-state index in [1.165, 1.54) is 0 Å². The van der Waals surface area contributed by atoms with Gasteiger partial charge in [0.05, 0.1) is 23.5 Å². The summed E-state index contributed by atoms with van der Waals surface area (Å²) in [6.45, 7) is 0.684. The fraction of sp³-hybridized carbons (Fsp3) is 0.200. The Morgan fingerprint density at radius 3 is 2.79 bits per heavy atom. The van der Waals surface area contributed by atoms with Crippen molar-refractivity contribution < 1.29 is 0 Å². The summed E-state index contributed by atoms with van der Waals surface area (Å²) in [4.78, 5) is 6.34. The van der Waals surface area contributed by atoms with Gasteiger partial charge in [0.1, 0.15) is 6.07 Å². The summed E-state index contributed by atoms with van der Waals surface area (Å²) in [7, 11) is 1.97. The first kappa shape index (κ1) is 13.6. The monoisotopic (exact) mass is 315 g/mol. The number of benzene rings is 1. The van der Waals surface area contributed by atoms with Crippen molar-refractivity contribution in [3.63, 3.8) is 0 Å². The van der Waals surface area contributed by atoms with Crippen LogP contribution in [0.2, 0.25) is 0 Å². The number of rotatable bonds is 4. The van der Waals surface area contributed by atoms with Gasteiger partial charge in [-0.25, -0.2) is 0 Å². The quantitative estimate of drug-likeness (QED) is 0.811. The Bertz CT molecular complexity index is 590. The van der Waals surface area contributed by atoms with E-state index in [2.05, 4.69) is 27.0 Å². The Labute approximate surface area is 121 Å². The first-order valence-corrected chi connectivity index (χ1v) is 7.07. The first-order valence-electron chi connectivity index (χ1n) is 5.94. The zero-order valence-corrected chi connectivity index (χ0v) is 12.3. The van der Waals surface area contributed by atoms with Gasteiger partial charge in [0.2, 0.25) is 0 Å². The molecule has 0 spiro atoms. The van der Waals surface area contributed by atoms with Crippen molar-refractivity contribution in [2.45, 2.75) is 11.9 Å². The van der Waals surface area contributed by atoms with Gasteiger partial charge in [0.15, 0.2) is 0 Å². The maximum Gasteiger partial charge on any atom is 0.101 e. The minimum atomic E-state index is 0.684. The zero-order chi connectivity index (χ0) is 13.7. The van der Waals surface area contributed by atoms with Crippen LogP contribution in [0.25, 0.3) is 0 Å². The molecule has 0 atom stereocenters. The number of halogens is 1. The van der Waals surface area contributed by atoms with E-state index in [1.54, 1.807) is 6.20 Å². The molecule has 3 nitrogen and oxygen atoms in total. The molecule has 0 radical (unpaired) electrons. The lowest BCUT2D eigenvalue weighted by atomic mass is 10.1. The van der Waals surface area contributed by atoms with Crippen LogP contribution in [0.5, 0.6) is 0 Å². The molecule has 0 aliphatic heterocycles. The Morgan fingerprint density at radius 2 is 2.16 bits per heavy atom. The predicted molar refractivity (Wildman–Crippen MR) is 80.1 cm³/mol. The van der Waals surface area contributed by atoms with E-state index in [0.29, 0.717) is 12.1 Å². The molecule has 4 heteroatoms. The molecule has 1 heterocycles. The number of anilines is 1. The molecule has 0 amide bonds. The third kappa shape index (κ3) is 3.33. The van der Waals surface area contributed by atoms with E-state index < -0.39 is 0 Å². The molecule has 2 aromatic rings. The SMILES string of the molecule is CN(Cc1ccccn1)c1ccc(CBr)cc1C#N. The maximum atomic E-state index is 9.25. The minimum Gasteiger partial charge on any atom is -0.368 e. The van der Waals surface area contributed by atoms with Crippen LogP contribution in [0.3, 0.4) is 0 Å². The average molecular weight is 316 g/mol. The highest BCUT2D eigenvalue weighted by molar-refractivity contribution is 9.08. The van der Waals surface area contributed by atoms with Crippen molar-refractivity contribution in [1.29, 1.82) is 5.26 Å². The summed E-state index contributed by atoms with van der Waals surface area (Å²) in [5.74, 6) is 0. The highest BCUT2D eigenvalue weighted by Crippen LogP contribution is 2.22. The highest BCUT2D eigenvalue weighted by atomic mass is 79.9. The second-order valence-electron chi connectivity index (χ2n) is 4.27. The van der Waals surface area contributed by atoms with Gasteiger partial charge in [-0.2, -0.15) is 5.26 Å². The topological polar surface area (TPSA) is 39.9 Å². The van der Waals surface area contributed by atoms with Gasteiger partial charge in [-0.1, -0.05) is 28.1 Å². The van der Waals surface area contributed by atoms with Crippen molar-refractivity contribution in [2.75, 3.05) is 11.9 Å². The fourth-order valence-electron chi connectivity index (χ4n) is 1.91. The molecule has 0 unspecified atom stereocenters. The number of hydrogen-bond acceptors (Lipinski definition) is 3. The summed E-state index contributed by atoms with van der Waals surface area (Å²) >= 11 is 3.40. The van der Waals surface area contributed by atoms with Gasteiger partial charge in [0, 0.05) is 18.6 Å². The lowest BCUT2D eigenvalue weighted by Gasteiger charge is -2.20. The Kier molecular flexibility index (Phi) is 4.53. The normalized spacial score (nSPS) is 9.95. The lowest BCUT2D eigenvalue weighted by Crippen LogP contribution is -2.18. The smallest absolute Gasteiger partial charge is 0.101 e. The molecule has 0 aliphatic carbocycles. The summed E-state index contributed by atoms with van der Waals surface area (Å²) in [5.41, 5.74) is 3.71. The van der Waals surface area contributed by atoms with Crippen molar-refractivity contribution in [1.82, 2.24) is 4.98 Å². The number of nitriles is 1. The molecule has 19 heavy (non-hydrogen) atoms. The molecular weight excluding hydrogens is 302 g/mol. The standard InChI is InChI=1S/C15H14BrN3/c1-19(11-14-4-2-3-7-18-14)15-6-5-12(9-16)8-13(15)10-17/h2-8H,9,11H2,1H3. The van der Waals surface area contributed by atoms with E-state index in [0.717, 1.165) is 22.3 Å². The second-order valence-corrected chi connectivity index (χ2v) is 4.83. The summed E-state index contributed by atoms with van der Waals surface area (Å²) in [6.07, 6.45) is 1.78. The molecule has 1 aromatic heterocycles. The van der Waals surface area contributed by atoms with Crippen LogP contribution < -0.4 is 4.90 Å². The minimum absolute atomic E-state index is 0.684. The number of alkyl halides is 1. The van der Waals surface area contributed by atoms with E-state index in [-0.39, 0.29) is 0 Å². The summed E-state index contributed by atoms with van der Waals surface area (Å²) < 4.78 is 0. The van der Waals surface area contributed by atoms with Gasteiger partial charge >= 0.3 is 0 Å². The average Bonchev–Trinajstić information content (AvgIpc) is 2.47. The maximum absolute atomic E-state index is 9.25. The van der Waals surface area contributed by atoms with Gasteiger partial charge in [-0.3, -0.25) is 4.98 Å². The van der Waals surface area contributed by atoms with E-state index in [9.17, 15) is 5.26 Å². The largest absolute Gasteiger partial charge is 0.368 e. The van der Waals surface area contributed by atoms with Gasteiger partial charge in [-0.15, -0.1) is 0 Å². The molecule has 0 bridgehead atoms. The van der Waals surface area contributed by atoms with E-state index >= 15 is 0 Å². The highest BCUT2D eigenvalue weighted by Gasteiger charge is 2.09. The number of hydrogen-bond donors (Lipinski definition) is 0. The van der Waals surface area contributed by atoms with Crippen LogP contribution in [0.1, 0.15) is 16.8 Å². The summed E-state index contributed by atoms with van der Waals surface area (Å²) in [5, 5.41) is 10.0. The van der Waals surface area contributed by atoms with Crippen molar-refractivity contribution >= 4 is 21.6 Å². The van der Waals surface area contributed by atoms with Gasteiger partial charge in [0.25, 0.3) is 0 Å². The zero-order valence-electron chi connectivity index (χ0n) is 10.7. The Balaban J connectivity index is 2.24. The van der Waals surface area contributed by atoms with E-state index in [1.807, 2.05) is 48.3 Å². The Morgan fingerprint density at radius 1 is 1.32 bits per heavy atom. The third-order valence-corrected chi connectivity index (χ3v) is 3.52. The van der Waals surface area contributed by atoms with Crippen LogP contribution in [-0.4, -0.2) is 12.0 Å². The van der Waals surface area contributed by atoms with Gasteiger partial charge < -0.3 is 4.90 Å². The fourth-order valence-corrected chi connectivity index (χ4v) is 2.26. The number of nitrogens with zero attached hydrogens (tertiary/aromatic N) is 3. The molecule has 0 N–H and O–H groups in total. The van der Waals surface area contributed by atoms with Gasteiger partial charge in [-0.05, 0) is 29.8 Å². The molecule has 0 saturated heterocycles. The molecule has 0 fully saturated rings.